The van der Waals surface area contributed by atoms with Gasteiger partial charge in [-0.1, -0.05) is 6.07 Å². The zero-order chi connectivity index (χ0) is 16.1. The molecule has 0 N–H and O–H groups in total. The van der Waals surface area contributed by atoms with E-state index < -0.39 is 0 Å². The summed E-state index contributed by atoms with van der Waals surface area (Å²) in [6, 6.07) is 4.12. The molecule has 5 nitrogen and oxygen atoms in total. The van der Waals surface area contributed by atoms with Gasteiger partial charge in [-0.2, -0.15) is 0 Å². The van der Waals surface area contributed by atoms with Crippen molar-refractivity contribution in [3.63, 3.8) is 0 Å². The van der Waals surface area contributed by atoms with Crippen molar-refractivity contribution in [2.24, 2.45) is 4.99 Å². The fraction of sp³-hybridized carbons (Fsp3) is 0.294. The van der Waals surface area contributed by atoms with Crippen LogP contribution in [0.15, 0.2) is 23.3 Å². The van der Waals surface area contributed by atoms with Gasteiger partial charge >= 0.3 is 0 Å². The molecule has 0 amide bonds. The number of rotatable bonds is 1. The minimum Gasteiger partial charge on any atom is -0.274 e. The quantitative estimate of drug-likeness (QED) is 0.690. The van der Waals surface area contributed by atoms with Crippen LogP contribution in [0, 0.1) is 27.7 Å². The van der Waals surface area contributed by atoms with E-state index >= 15 is 0 Å². The van der Waals surface area contributed by atoms with Crippen molar-refractivity contribution in [2.75, 3.05) is 0 Å². The Morgan fingerprint density at radius 2 is 1.91 bits per heavy atom. The first-order valence-corrected chi connectivity index (χ1v) is 8.37. The fourth-order valence-corrected chi connectivity index (χ4v) is 4.09. The molecule has 0 spiro atoms. The van der Waals surface area contributed by atoms with E-state index in [9.17, 15) is 0 Å². The molecule has 0 bridgehead atoms. The van der Waals surface area contributed by atoms with Crippen LogP contribution >= 0.6 is 11.3 Å². The lowest BCUT2D eigenvalue weighted by molar-refractivity contribution is 0.869. The summed E-state index contributed by atoms with van der Waals surface area (Å²) in [5.74, 6) is 1.78. The molecule has 3 aromatic heterocycles. The lowest BCUT2D eigenvalue weighted by atomic mass is 10.0. The number of fused-ring (bicyclic) bond motifs is 3. The Balaban J connectivity index is 2.00. The Bertz CT molecular complexity index is 931. The summed E-state index contributed by atoms with van der Waals surface area (Å²) in [6.45, 7) is 8.85. The van der Waals surface area contributed by atoms with E-state index in [1.807, 2.05) is 26.1 Å². The van der Waals surface area contributed by atoms with Crippen LogP contribution in [0.5, 0.6) is 0 Å². The molecule has 4 rings (SSSR count). The number of nitrogens with zero attached hydrogens (tertiary/aromatic N) is 5. The van der Waals surface area contributed by atoms with Gasteiger partial charge in [0.25, 0.3) is 0 Å². The van der Waals surface area contributed by atoms with E-state index in [0.717, 1.165) is 39.2 Å². The zero-order valence-corrected chi connectivity index (χ0v) is 14.4. The summed E-state index contributed by atoms with van der Waals surface area (Å²) in [6.07, 6.45) is 1.89. The van der Waals surface area contributed by atoms with Crippen molar-refractivity contribution in [1.82, 2.24) is 19.7 Å². The van der Waals surface area contributed by atoms with E-state index in [0.29, 0.717) is 6.54 Å². The maximum Gasteiger partial charge on any atom is 0.160 e. The van der Waals surface area contributed by atoms with Gasteiger partial charge in [-0.3, -0.25) is 14.5 Å². The third-order valence-corrected chi connectivity index (χ3v) is 5.42. The molecule has 0 saturated heterocycles. The Morgan fingerprint density at radius 1 is 1.09 bits per heavy atom. The van der Waals surface area contributed by atoms with Crippen LogP contribution in [0.1, 0.15) is 38.9 Å². The van der Waals surface area contributed by atoms with E-state index in [1.54, 1.807) is 11.3 Å². The van der Waals surface area contributed by atoms with Gasteiger partial charge in [0.2, 0.25) is 0 Å². The van der Waals surface area contributed by atoms with Gasteiger partial charge in [0.1, 0.15) is 17.4 Å². The molecular weight excluding hydrogens is 306 g/mol. The lowest BCUT2D eigenvalue weighted by Crippen LogP contribution is -2.08. The largest absolute Gasteiger partial charge is 0.274 e. The number of aliphatic imine (C=N–C) groups is 1. The highest BCUT2D eigenvalue weighted by molar-refractivity contribution is 7.15. The van der Waals surface area contributed by atoms with Crippen LogP contribution in [0.4, 0.5) is 0 Å². The first-order chi connectivity index (χ1) is 11.1. The molecule has 0 radical (unpaired) electrons. The minimum atomic E-state index is 0.519. The summed E-state index contributed by atoms with van der Waals surface area (Å²) in [5, 5.41) is 9.66. The van der Waals surface area contributed by atoms with Gasteiger partial charge < -0.3 is 0 Å². The molecule has 23 heavy (non-hydrogen) atoms. The number of thiophene rings is 1. The molecule has 6 heteroatoms. The third kappa shape index (κ3) is 2.13. The van der Waals surface area contributed by atoms with Crippen molar-refractivity contribution >= 4 is 17.0 Å². The highest BCUT2D eigenvalue weighted by atomic mass is 32.1. The summed E-state index contributed by atoms with van der Waals surface area (Å²) in [4.78, 5) is 10.7. The zero-order valence-electron chi connectivity index (χ0n) is 13.6. The number of aromatic nitrogens is 4. The number of pyridine rings is 1. The maximum absolute atomic E-state index is 4.83. The van der Waals surface area contributed by atoms with Crippen LogP contribution in [0.2, 0.25) is 0 Å². The Morgan fingerprint density at radius 3 is 2.65 bits per heavy atom. The predicted octanol–water partition coefficient (Wildman–Crippen LogP) is 3.31. The van der Waals surface area contributed by atoms with E-state index in [1.165, 1.54) is 10.4 Å². The molecule has 0 aromatic carbocycles. The highest BCUT2D eigenvalue weighted by Crippen LogP contribution is 2.35. The number of hydrogen-bond donors (Lipinski definition) is 0. The molecule has 0 atom stereocenters. The van der Waals surface area contributed by atoms with Crippen molar-refractivity contribution in [1.29, 1.82) is 0 Å². The van der Waals surface area contributed by atoms with E-state index in [2.05, 4.69) is 39.7 Å². The molecule has 116 valence electrons. The molecule has 4 heterocycles. The molecule has 3 aromatic rings. The van der Waals surface area contributed by atoms with Crippen LogP contribution in [-0.2, 0) is 6.54 Å². The average molecular weight is 323 g/mol. The summed E-state index contributed by atoms with van der Waals surface area (Å²) in [5.41, 5.74) is 5.42. The second-order valence-electron chi connectivity index (χ2n) is 5.85. The number of hydrogen-bond acceptors (Lipinski definition) is 5. The molecule has 0 aliphatic carbocycles. The average Bonchev–Trinajstić information content (AvgIpc) is 2.97. The van der Waals surface area contributed by atoms with Crippen LogP contribution in [-0.4, -0.2) is 25.5 Å². The topological polar surface area (TPSA) is 56.0 Å². The maximum atomic E-state index is 4.83. The van der Waals surface area contributed by atoms with E-state index in [-0.39, 0.29) is 0 Å². The van der Waals surface area contributed by atoms with Crippen molar-refractivity contribution in [3.05, 3.63) is 57.2 Å². The minimum absolute atomic E-state index is 0.519. The van der Waals surface area contributed by atoms with Crippen LogP contribution in [0.3, 0.4) is 0 Å². The smallest absolute Gasteiger partial charge is 0.160 e. The van der Waals surface area contributed by atoms with Crippen molar-refractivity contribution in [2.45, 2.75) is 34.2 Å². The predicted molar refractivity (Wildman–Crippen MR) is 91.8 cm³/mol. The Labute approximate surface area is 138 Å². The van der Waals surface area contributed by atoms with Crippen LogP contribution < -0.4 is 0 Å². The van der Waals surface area contributed by atoms with Gasteiger partial charge in [-0.25, -0.2) is 0 Å². The lowest BCUT2D eigenvalue weighted by Gasteiger charge is -2.08. The fourth-order valence-electron chi connectivity index (χ4n) is 2.86. The van der Waals surface area contributed by atoms with Crippen molar-refractivity contribution in [3.8, 4) is 5.00 Å². The summed E-state index contributed by atoms with van der Waals surface area (Å²) >= 11 is 1.77. The molecule has 0 fully saturated rings. The van der Waals surface area contributed by atoms with Crippen molar-refractivity contribution < 1.29 is 0 Å². The SMILES string of the molecule is Cc1ccc(C2=NCc3nnc(C)n3-c3sc(C)c(C)c32)nc1. The molecule has 1 aliphatic rings. The summed E-state index contributed by atoms with van der Waals surface area (Å²) < 4.78 is 2.13. The molecule has 0 saturated carbocycles. The third-order valence-electron chi connectivity index (χ3n) is 4.23. The van der Waals surface area contributed by atoms with E-state index in [4.69, 9.17) is 4.99 Å². The molecular formula is C17H17N5S. The standard InChI is InChI=1S/C17H17N5S/c1-9-5-6-13(18-7-9)16-15-10(2)11(3)23-17(15)22-12(4)20-21-14(22)8-19-16/h5-7H,8H2,1-4H3. The van der Waals surface area contributed by atoms with Gasteiger partial charge in [0.05, 0.1) is 11.4 Å². The first kappa shape index (κ1) is 14.3. The second kappa shape index (κ2) is 5.09. The van der Waals surface area contributed by atoms with Gasteiger partial charge in [0, 0.05) is 16.6 Å². The highest BCUT2D eigenvalue weighted by Gasteiger charge is 2.26. The number of aryl methyl sites for hydroxylation is 3. The monoisotopic (exact) mass is 323 g/mol. The Kier molecular flexibility index (Phi) is 3.16. The van der Waals surface area contributed by atoms with Crippen LogP contribution in [0.25, 0.3) is 5.00 Å². The first-order valence-electron chi connectivity index (χ1n) is 7.55. The Hall–Kier alpha value is -2.34. The summed E-state index contributed by atoms with van der Waals surface area (Å²) in [7, 11) is 0. The van der Waals surface area contributed by atoms with Gasteiger partial charge in [-0.15, -0.1) is 21.5 Å². The normalized spacial score (nSPS) is 13.3. The van der Waals surface area contributed by atoms with Gasteiger partial charge in [-0.05, 0) is 44.9 Å². The molecule has 1 aliphatic heterocycles. The second-order valence-corrected chi connectivity index (χ2v) is 7.05. The molecule has 0 unspecified atom stereocenters. The van der Waals surface area contributed by atoms with Gasteiger partial charge in [0.15, 0.2) is 5.82 Å².